The molecule has 0 atom stereocenters. The highest BCUT2D eigenvalue weighted by molar-refractivity contribution is 5.93. The van der Waals surface area contributed by atoms with Gasteiger partial charge in [-0.15, -0.1) is 0 Å². The number of aryl methyl sites for hydroxylation is 2. The molecule has 3 N–H and O–H groups in total. The molecule has 0 bridgehead atoms. The molecule has 4 rings (SSSR count). The summed E-state index contributed by atoms with van der Waals surface area (Å²) < 4.78 is 11.3. The number of benzene rings is 3. The number of quaternary nitrogens is 1. The van der Waals surface area contributed by atoms with Crippen LogP contribution in [0.25, 0.3) is 0 Å². The maximum absolute atomic E-state index is 12.8. The van der Waals surface area contributed by atoms with Gasteiger partial charge in [-0.1, -0.05) is 41.5 Å². The molecule has 1 aliphatic rings. The predicted octanol–water partition coefficient (Wildman–Crippen LogP) is 2.78. The monoisotopic (exact) mass is 474 g/mol. The van der Waals surface area contributed by atoms with Crippen LogP contribution in [0, 0.1) is 13.8 Å². The Morgan fingerprint density at radius 1 is 0.743 bits per heavy atom. The summed E-state index contributed by atoms with van der Waals surface area (Å²) in [5, 5.41) is 5.88. The Morgan fingerprint density at radius 3 is 1.80 bits per heavy atom. The van der Waals surface area contributed by atoms with Gasteiger partial charge in [0.05, 0.1) is 6.54 Å². The molecule has 7 nitrogen and oxygen atoms in total. The van der Waals surface area contributed by atoms with Gasteiger partial charge >= 0.3 is 0 Å². The van der Waals surface area contributed by atoms with Gasteiger partial charge in [-0.25, -0.2) is 0 Å². The molecule has 0 aromatic heterocycles. The smallest absolute Gasteiger partial charge is 0.279 e. The average Bonchev–Trinajstić information content (AvgIpc) is 2.85. The predicted molar refractivity (Wildman–Crippen MR) is 136 cm³/mol. The van der Waals surface area contributed by atoms with Crippen LogP contribution in [0.2, 0.25) is 0 Å². The third-order valence-corrected chi connectivity index (χ3v) is 5.87. The number of carbonyl (C=O) groups excluding carboxylic acids is 2. The zero-order valence-corrected chi connectivity index (χ0v) is 20.2. The fourth-order valence-corrected chi connectivity index (χ4v) is 3.94. The van der Waals surface area contributed by atoms with E-state index in [1.54, 1.807) is 0 Å². The van der Waals surface area contributed by atoms with E-state index < -0.39 is 0 Å². The zero-order chi connectivity index (χ0) is 24.6. The summed E-state index contributed by atoms with van der Waals surface area (Å²) in [5.41, 5.74) is 4.82. The SMILES string of the molecule is Cc1ccc(NC(=O)C[NH+](CCc2ccc3c(c2)OCCO3)CC(=O)Nc2ccc(C)cc2)cc1. The summed E-state index contributed by atoms with van der Waals surface area (Å²) in [4.78, 5) is 26.4. The molecule has 35 heavy (non-hydrogen) atoms. The van der Waals surface area contributed by atoms with Crippen LogP contribution in [0.4, 0.5) is 11.4 Å². The minimum absolute atomic E-state index is 0.130. The standard InChI is InChI=1S/C28H31N3O4/c1-20-3-8-23(9-4-20)29-27(32)18-31(19-28(33)30-24-10-5-21(2)6-11-24)14-13-22-7-12-25-26(17-22)35-16-15-34-25/h3-12,17H,13-16,18-19H2,1-2H3,(H,29,32)(H,30,33)/p+1. The third kappa shape index (κ3) is 7.32. The van der Waals surface area contributed by atoms with Crippen molar-refractivity contribution >= 4 is 23.2 Å². The lowest BCUT2D eigenvalue weighted by molar-refractivity contribution is -0.883. The van der Waals surface area contributed by atoms with E-state index in [9.17, 15) is 9.59 Å². The van der Waals surface area contributed by atoms with Crippen LogP contribution in [-0.2, 0) is 16.0 Å². The van der Waals surface area contributed by atoms with Gasteiger partial charge in [0.2, 0.25) is 0 Å². The van der Waals surface area contributed by atoms with E-state index in [0.717, 1.165) is 44.5 Å². The first-order valence-corrected chi connectivity index (χ1v) is 11.9. The molecule has 7 heteroatoms. The summed E-state index contributed by atoms with van der Waals surface area (Å²) in [6.07, 6.45) is 0.696. The first-order chi connectivity index (χ1) is 16.9. The van der Waals surface area contributed by atoms with E-state index >= 15 is 0 Å². The van der Waals surface area contributed by atoms with Crippen LogP contribution in [-0.4, -0.2) is 44.7 Å². The topological polar surface area (TPSA) is 81.1 Å². The molecule has 182 valence electrons. The van der Waals surface area contributed by atoms with Crippen LogP contribution < -0.4 is 25.0 Å². The van der Waals surface area contributed by atoms with Gasteiger partial charge in [0.15, 0.2) is 24.6 Å². The number of anilines is 2. The van der Waals surface area contributed by atoms with Crippen molar-refractivity contribution in [3.05, 3.63) is 83.4 Å². The molecule has 0 aliphatic carbocycles. The summed E-state index contributed by atoms with van der Waals surface area (Å²) in [6, 6.07) is 21.2. The highest BCUT2D eigenvalue weighted by atomic mass is 16.6. The zero-order valence-electron chi connectivity index (χ0n) is 20.2. The number of amides is 2. The molecule has 3 aromatic rings. The summed E-state index contributed by atoms with van der Waals surface area (Å²) in [7, 11) is 0. The number of hydrogen-bond acceptors (Lipinski definition) is 4. The molecule has 0 spiro atoms. The molecule has 3 aromatic carbocycles. The maximum Gasteiger partial charge on any atom is 0.279 e. The van der Waals surface area contributed by atoms with Gasteiger partial charge in [0.25, 0.3) is 11.8 Å². The van der Waals surface area contributed by atoms with Crippen molar-refractivity contribution in [2.24, 2.45) is 0 Å². The molecule has 1 heterocycles. The second-order valence-electron chi connectivity index (χ2n) is 8.91. The molecule has 0 unspecified atom stereocenters. The Hall–Kier alpha value is -3.84. The molecule has 2 amide bonds. The minimum atomic E-state index is -0.130. The molecule has 1 aliphatic heterocycles. The highest BCUT2D eigenvalue weighted by Gasteiger charge is 2.20. The lowest BCUT2D eigenvalue weighted by Crippen LogP contribution is -3.14. The Bertz CT molecular complexity index is 1100. The van der Waals surface area contributed by atoms with Gasteiger partial charge in [0.1, 0.15) is 13.2 Å². The van der Waals surface area contributed by atoms with Crippen LogP contribution in [0.3, 0.4) is 0 Å². The van der Waals surface area contributed by atoms with Crippen molar-refractivity contribution in [1.29, 1.82) is 0 Å². The summed E-state index contributed by atoms with van der Waals surface area (Å²) >= 11 is 0. The number of rotatable bonds is 9. The van der Waals surface area contributed by atoms with E-state index in [2.05, 4.69) is 10.6 Å². The lowest BCUT2D eigenvalue weighted by Gasteiger charge is -2.21. The first kappa shape index (κ1) is 24.3. The third-order valence-electron chi connectivity index (χ3n) is 5.87. The fraction of sp³-hybridized carbons (Fsp3) is 0.286. The first-order valence-electron chi connectivity index (χ1n) is 11.9. The van der Waals surface area contributed by atoms with Crippen molar-refractivity contribution in [3.8, 4) is 11.5 Å². The van der Waals surface area contributed by atoms with E-state index in [1.165, 1.54) is 0 Å². The van der Waals surface area contributed by atoms with E-state index in [-0.39, 0.29) is 24.9 Å². The largest absolute Gasteiger partial charge is 0.486 e. The van der Waals surface area contributed by atoms with Gasteiger partial charge in [-0.3, -0.25) is 9.59 Å². The highest BCUT2D eigenvalue weighted by Crippen LogP contribution is 2.30. The summed E-state index contributed by atoms with van der Waals surface area (Å²) in [6.45, 7) is 6.06. The van der Waals surface area contributed by atoms with Crippen LogP contribution >= 0.6 is 0 Å². The van der Waals surface area contributed by atoms with Gasteiger partial charge < -0.3 is 25.0 Å². The molecule has 0 saturated carbocycles. The van der Waals surface area contributed by atoms with Crippen LogP contribution in [0.1, 0.15) is 16.7 Å². The quantitative estimate of drug-likeness (QED) is 0.446. The van der Waals surface area contributed by atoms with Crippen molar-refractivity contribution in [3.63, 3.8) is 0 Å². The molecule has 0 fully saturated rings. The number of nitrogens with one attached hydrogen (secondary N) is 3. The minimum Gasteiger partial charge on any atom is -0.486 e. The van der Waals surface area contributed by atoms with Crippen LogP contribution in [0.5, 0.6) is 11.5 Å². The normalized spacial score (nSPS) is 12.3. The maximum atomic E-state index is 12.8. The molecular weight excluding hydrogens is 442 g/mol. The average molecular weight is 475 g/mol. The van der Waals surface area contributed by atoms with Crippen molar-refractivity contribution in [1.82, 2.24) is 0 Å². The van der Waals surface area contributed by atoms with E-state index in [1.807, 2.05) is 80.6 Å². The van der Waals surface area contributed by atoms with Crippen LogP contribution in [0.15, 0.2) is 66.7 Å². The Balaban J connectivity index is 1.40. The number of ether oxygens (including phenoxy) is 2. The number of fused-ring (bicyclic) bond motifs is 1. The number of hydrogen-bond donors (Lipinski definition) is 3. The van der Waals surface area contributed by atoms with Gasteiger partial charge in [-0.05, 0) is 55.8 Å². The molecule has 0 radical (unpaired) electrons. The Labute approximate surface area is 206 Å². The second-order valence-corrected chi connectivity index (χ2v) is 8.91. The summed E-state index contributed by atoms with van der Waals surface area (Å²) in [5.74, 6) is 1.23. The lowest BCUT2D eigenvalue weighted by atomic mass is 10.1. The van der Waals surface area contributed by atoms with E-state index in [4.69, 9.17) is 9.47 Å². The van der Waals surface area contributed by atoms with Crippen molar-refractivity contribution in [2.45, 2.75) is 20.3 Å². The van der Waals surface area contributed by atoms with Gasteiger partial charge in [0, 0.05) is 17.8 Å². The Kier molecular flexibility index (Phi) is 8.00. The molecule has 0 saturated heterocycles. The van der Waals surface area contributed by atoms with Crippen molar-refractivity contribution < 1.29 is 24.0 Å². The number of carbonyl (C=O) groups is 2. The Morgan fingerprint density at radius 2 is 1.26 bits per heavy atom. The fourth-order valence-electron chi connectivity index (χ4n) is 3.94. The van der Waals surface area contributed by atoms with E-state index in [0.29, 0.717) is 26.2 Å². The van der Waals surface area contributed by atoms with Gasteiger partial charge in [-0.2, -0.15) is 0 Å². The van der Waals surface area contributed by atoms with Crippen molar-refractivity contribution in [2.75, 3.05) is 43.5 Å². The second kappa shape index (κ2) is 11.5. The molecular formula is C28H32N3O4+.